The van der Waals surface area contributed by atoms with E-state index in [9.17, 15) is 18.8 Å². The number of carboxylic acid groups (broad SMARTS) is 1. The van der Waals surface area contributed by atoms with Gasteiger partial charge in [-0.25, -0.2) is 23.2 Å². The molecule has 24 heavy (non-hydrogen) atoms. The highest BCUT2D eigenvalue weighted by atomic mass is 19.1. The largest absolute Gasteiger partial charge is 0.478 e. The van der Waals surface area contributed by atoms with Gasteiger partial charge in [0.25, 0.3) is 0 Å². The first-order valence-corrected chi connectivity index (χ1v) is 6.63. The summed E-state index contributed by atoms with van der Waals surface area (Å²) in [5.74, 6) is -2.48. The van der Waals surface area contributed by atoms with E-state index in [1.54, 1.807) is 0 Å². The summed E-state index contributed by atoms with van der Waals surface area (Å²) in [6, 6.07) is 6.29. The van der Waals surface area contributed by atoms with Gasteiger partial charge in [0.1, 0.15) is 11.6 Å². The first kappa shape index (κ1) is 15.3. The lowest BCUT2D eigenvalue weighted by molar-refractivity contribution is 0.0697. The minimum atomic E-state index is -1.15. The summed E-state index contributed by atoms with van der Waals surface area (Å²) < 4.78 is 28.1. The molecule has 0 spiro atoms. The summed E-state index contributed by atoms with van der Waals surface area (Å²) in [4.78, 5) is 14.9. The zero-order chi connectivity index (χ0) is 17.3. The van der Waals surface area contributed by atoms with E-state index in [2.05, 4.69) is 10.1 Å². The maximum Gasteiger partial charge on any atom is 0.338 e. The van der Waals surface area contributed by atoms with Gasteiger partial charge in [-0.3, -0.25) is 0 Å². The Bertz CT molecular complexity index is 992. The Balaban J connectivity index is 2.08. The van der Waals surface area contributed by atoms with Crippen molar-refractivity contribution in [3.63, 3.8) is 0 Å². The van der Waals surface area contributed by atoms with Gasteiger partial charge in [-0.05, 0) is 12.1 Å². The first-order valence-electron chi connectivity index (χ1n) is 6.63. The Morgan fingerprint density at radius 3 is 2.62 bits per heavy atom. The number of aromatic carboxylic acids is 1. The summed E-state index contributed by atoms with van der Waals surface area (Å²) in [6.07, 6.45) is 3.64. The molecule has 0 radical (unpaired) electrons. The molecule has 6 nitrogen and oxygen atoms in total. The lowest BCUT2D eigenvalue weighted by Gasteiger charge is -2.07. The van der Waals surface area contributed by atoms with Crippen LogP contribution in [0.1, 0.15) is 15.9 Å². The molecule has 0 saturated carbocycles. The molecule has 0 saturated heterocycles. The molecule has 118 valence electrons. The number of benzene rings is 1. The van der Waals surface area contributed by atoms with Crippen molar-refractivity contribution in [1.29, 1.82) is 5.26 Å². The van der Waals surface area contributed by atoms with Crippen molar-refractivity contribution in [2.75, 3.05) is 0 Å². The molecule has 2 aromatic heterocycles. The Labute approximate surface area is 134 Å². The molecule has 8 heteroatoms. The fourth-order valence-electron chi connectivity index (χ4n) is 2.14. The molecule has 0 unspecified atom stereocenters. The Morgan fingerprint density at radius 2 is 2.00 bits per heavy atom. The van der Waals surface area contributed by atoms with Gasteiger partial charge in [-0.15, -0.1) is 0 Å². The van der Waals surface area contributed by atoms with Gasteiger partial charge in [0.15, 0.2) is 5.82 Å². The molecule has 0 aliphatic rings. The fraction of sp³-hybridized carbons (Fsp3) is 0. The molecule has 2 heterocycles. The van der Waals surface area contributed by atoms with Crippen molar-refractivity contribution >= 4 is 5.97 Å². The van der Waals surface area contributed by atoms with Gasteiger partial charge in [-0.1, -0.05) is 0 Å². The van der Waals surface area contributed by atoms with Crippen LogP contribution >= 0.6 is 0 Å². The smallest absolute Gasteiger partial charge is 0.338 e. The van der Waals surface area contributed by atoms with Crippen LogP contribution < -0.4 is 0 Å². The summed E-state index contributed by atoms with van der Waals surface area (Å²) in [6.45, 7) is 0. The van der Waals surface area contributed by atoms with Crippen molar-refractivity contribution < 1.29 is 18.7 Å². The number of hydrogen-bond donors (Lipinski definition) is 1. The number of nitriles is 1. The van der Waals surface area contributed by atoms with Gasteiger partial charge < -0.3 is 5.11 Å². The van der Waals surface area contributed by atoms with Gasteiger partial charge in [0.05, 0.1) is 23.4 Å². The normalized spacial score (nSPS) is 10.4. The number of carboxylic acids is 1. The van der Waals surface area contributed by atoms with Crippen molar-refractivity contribution in [2.24, 2.45) is 0 Å². The number of pyridine rings is 1. The van der Waals surface area contributed by atoms with E-state index in [0.717, 1.165) is 18.3 Å². The molecule has 3 aromatic rings. The second kappa shape index (κ2) is 5.89. The van der Waals surface area contributed by atoms with Gasteiger partial charge in [0.2, 0.25) is 0 Å². The van der Waals surface area contributed by atoms with Crippen LogP contribution in [0, 0.1) is 23.0 Å². The Hall–Kier alpha value is -3.60. The van der Waals surface area contributed by atoms with Crippen LogP contribution in [-0.4, -0.2) is 25.8 Å². The predicted octanol–water partition coefficient (Wildman–Crippen LogP) is 2.78. The van der Waals surface area contributed by atoms with E-state index in [1.807, 2.05) is 6.07 Å². The highest BCUT2D eigenvalue weighted by Gasteiger charge is 2.14. The average Bonchev–Trinajstić information content (AvgIpc) is 3.05. The zero-order valence-corrected chi connectivity index (χ0v) is 11.9. The second-order valence-corrected chi connectivity index (χ2v) is 4.80. The molecule has 1 N–H and O–H groups in total. The summed E-state index contributed by atoms with van der Waals surface area (Å²) in [5.41, 5.74) is 0.296. The monoisotopic (exact) mass is 326 g/mol. The maximum absolute atomic E-state index is 13.9. The molecule has 3 rings (SSSR count). The molecule has 0 aliphatic heterocycles. The van der Waals surface area contributed by atoms with E-state index in [1.165, 1.54) is 29.2 Å². The molecule has 0 amide bonds. The van der Waals surface area contributed by atoms with Crippen LogP contribution in [0.25, 0.3) is 16.9 Å². The summed E-state index contributed by atoms with van der Waals surface area (Å²) in [5, 5.41) is 22.0. The minimum absolute atomic E-state index is 0.0380. The third kappa shape index (κ3) is 2.70. The highest BCUT2D eigenvalue weighted by molar-refractivity contribution is 5.87. The van der Waals surface area contributed by atoms with Crippen molar-refractivity contribution in [3.8, 4) is 23.0 Å². The molecule has 0 bridgehead atoms. The van der Waals surface area contributed by atoms with Gasteiger partial charge >= 0.3 is 5.97 Å². The van der Waals surface area contributed by atoms with Gasteiger partial charge in [-0.2, -0.15) is 10.4 Å². The molecular weight excluding hydrogens is 318 g/mol. The van der Waals surface area contributed by atoms with E-state index in [4.69, 9.17) is 5.11 Å². The second-order valence-electron chi connectivity index (χ2n) is 4.80. The summed E-state index contributed by atoms with van der Waals surface area (Å²) in [7, 11) is 0. The van der Waals surface area contributed by atoms with E-state index in [-0.39, 0.29) is 28.1 Å². The maximum atomic E-state index is 13.9. The number of aromatic nitrogens is 3. The van der Waals surface area contributed by atoms with Crippen LogP contribution in [0.3, 0.4) is 0 Å². The topological polar surface area (TPSA) is 91.8 Å². The SMILES string of the molecule is N#Cc1cc(-n2cc(C(=O)O)cn2)ncc1-c1ccc(F)cc1F. The number of hydrogen-bond acceptors (Lipinski definition) is 4. The average molecular weight is 326 g/mol. The van der Waals surface area contributed by atoms with E-state index in [0.29, 0.717) is 0 Å². The first-order chi connectivity index (χ1) is 11.5. The quantitative estimate of drug-likeness (QED) is 0.799. The third-order valence-corrected chi connectivity index (χ3v) is 3.30. The van der Waals surface area contributed by atoms with Crippen molar-refractivity contribution in [1.82, 2.24) is 14.8 Å². The third-order valence-electron chi connectivity index (χ3n) is 3.30. The molecule has 0 aliphatic carbocycles. The van der Waals surface area contributed by atoms with Crippen LogP contribution in [0.15, 0.2) is 42.9 Å². The zero-order valence-electron chi connectivity index (χ0n) is 11.9. The number of rotatable bonds is 3. The molecule has 0 fully saturated rings. The number of halogens is 2. The fourth-order valence-corrected chi connectivity index (χ4v) is 2.14. The predicted molar refractivity (Wildman–Crippen MR) is 78.4 cm³/mol. The van der Waals surface area contributed by atoms with Crippen molar-refractivity contribution in [2.45, 2.75) is 0 Å². The number of nitrogens with zero attached hydrogens (tertiary/aromatic N) is 4. The van der Waals surface area contributed by atoms with Crippen molar-refractivity contribution in [3.05, 3.63) is 65.6 Å². The van der Waals surface area contributed by atoms with Gasteiger partial charge in [0, 0.05) is 35.7 Å². The van der Waals surface area contributed by atoms with Crippen LogP contribution in [0.4, 0.5) is 8.78 Å². The minimum Gasteiger partial charge on any atom is -0.478 e. The standard InChI is InChI=1S/C16H8F2N4O2/c17-11-1-2-12(14(18)4-11)13-7-20-15(3-9(13)5-19)22-8-10(6-21-22)16(23)24/h1-4,6-8H,(H,23,24). The van der Waals surface area contributed by atoms with E-state index < -0.39 is 17.6 Å². The Morgan fingerprint density at radius 1 is 1.21 bits per heavy atom. The summed E-state index contributed by atoms with van der Waals surface area (Å²) >= 11 is 0. The molecule has 1 aromatic carbocycles. The highest BCUT2D eigenvalue weighted by Crippen LogP contribution is 2.27. The van der Waals surface area contributed by atoms with E-state index >= 15 is 0 Å². The van der Waals surface area contributed by atoms with Crippen LogP contribution in [0.5, 0.6) is 0 Å². The molecular formula is C16H8F2N4O2. The lowest BCUT2D eigenvalue weighted by atomic mass is 10.0. The molecule has 0 atom stereocenters. The lowest BCUT2D eigenvalue weighted by Crippen LogP contribution is -2.01. The Kier molecular flexibility index (Phi) is 3.75. The van der Waals surface area contributed by atoms with Crippen LogP contribution in [0.2, 0.25) is 0 Å². The number of carbonyl (C=O) groups is 1. The van der Waals surface area contributed by atoms with Crippen LogP contribution in [-0.2, 0) is 0 Å².